The van der Waals surface area contributed by atoms with Gasteiger partial charge in [-0.05, 0) is 126 Å². The summed E-state index contributed by atoms with van der Waals surface area (Å²) >= 11 is 0. The summed E-state index contributed by atoms with van der Waals surface area (Å²) in [6.45, 7) is 11.2. The Balaban J connectivity index is 2.48. The zero-order chi connectivity index (χ0) is 66.9. The number of aliphatic hydroxyl groups is 1. The minimum atomic E-state index is -1.60. The zero-order valence-corrected chi connectivity index (χ0v) is 52.5. The van der Waals surface area contributed by atoms with Crippen molar-refractivity contribution in [3.8, 4) is 0 Å². The Morgan fingerprint density at radius 3 is 1.40 bits per heavy atom. The first-order valence-corrected chi connectivity index (χ1v) is 30.5. The van der Waals surface area contributed by atoms with E-state index >= 15 is 0 Å². The number of carbonyl (C=O) groups excluding carboxylic acids is 9. The maximum atomic E-state index is 14.6. The molecule has 0 aliphatic rings. The molecule has 1 aromatic carbocycles. The smallest absolute Gasteiger partial charge is 0.325 e. The van der Waals surface area contributed by atoms with Crippen molar-refractivity contribution in [2.24, 2.45) is 67.9 Å². The average molecular weight is 1260 g/mol. The number of nitrogens with zero attached hydrogens (tertiary/aromatic N) is 2. The molecule has 0 saturated heterocycles. The molecule has 9 amide bonds. The lowest BCUT2D eigenvalue weighted by molar-refractivity contribution is -0.142. The molecule has 31 nitrogen and oxygen atoms in total. The molecule has 1 aromatic heterocycles. The van der Waals surface area contributed by atoms with Crippen LogP contribution in [0.5, 0.6) is 0 Å². The Morgan fingerprint density at radius 2 is 0.944 bits per heavy atom. The molecule has 31 heteroatoms. The number of aliphatic imine (C=N–C) groups is 2. The predicted octanol–water partition coefficient (Wildman–Crippen LogP) is -3.39. The van der Waals surface area contributed by atoms with Crippen LogP contribution in [0.4, 0.5) is 0 Å². The molecule has 0 radical (unpaired) electrons. The number of para-hydroxylation sites is 1. The van der Waals surface area contributed by atoms with Crippen molar-refractivity contribution < 1.29 is 58.2 Å². The monoisotopic (exact) mass is 1260 g/mol. The molecule has 2 aromatic rings. The first kappa shape index (κ1) is 76.9. The van der Waals surface area contributed by atoms with Gasteiger partial charge in [0.15, 0.2) is 11.9 Å². The largest absolute Gasteiger partial charge is 0.480 e. The van der Waals surface area contributed by atoms with Crippen molar-refractivity contribution in [2.45, 2.75) is 192 Å². The fourth-order valence-electron chi connectivity index (χ4n) is 9.33. The standard InChI is InChI=1S/C58H101N19O12/c1-8-33(6)46(77-51(83)40(20-12-14-24-60)71-48(80)39(19-11-13-23-59)70-47(79)37(61)28-35-29-68-38-18-10-9-17-36(35)38)55(87)73-42(22-16-26-67-58(64)65)50(82)76-45(32(4)5)54(86)72-41(21-15-25-66-57(62)63)49(81)74-43(27-31(2)3)52(84)75-44(30-78)53(85)69-34(7)56(88)89/h9-10,17-18,29,31-34,37,39-46,68,78H,8,11-16,19-28,30,59-61H2,1-7H3,(H,69,85)(H,70,79)(H,71,80)(H,72,86)(H,73,87)(H,74,81)(H,75,84)(H,76,82)(H,77,83)(H,88,89)(H4,62,63,66)(H4,64,65,67)/t33-,34-,37-,39-,40-,41-,42-,43-,44-,45-,46-/m0/s1. The van der Waals surface area contributed by atoms with Gasteiger partial charge >= 0.3 is 5.97 Å². The lowest BCUT2D eigenvalue weighted by Gasteiger charge is -2.30. The number of hydrogen-bond acceptors (Lipinski definition) is 16. The van der Waals surface area contributed by atoms with Crippen LogP contribution < -0.4 is 88.0 Å². The van der Waals surface area contributed by atoms with Gasteiger partial charge in [0.1, 0.15) is 54.4 Å². The van der Waals surface area contributed by atoms with E-state index in [4.69, 9.17) is 40.1 Å². The van der Waals surface area contributed by atoms with E-state index in [9.17, 15) is 58.2 Å². The van der Waals surface area contributed by atoms with Crippen LogP contribution in [0.15, 0.2) is 40.4 Å². The number of aliphatic hydroxyl groups excluding tert-OH is 1. The minimum absolute atomic E-state index is 0.00772. The third kappa shape index (κ3) is 27.8. The number of unbranched alkanes of at least 4 members (excludes halogenated alkanes) is 2. The molecular weight excluding hydrogens is 1150 g/mol. The Hall–Kier alpha value is -8.16. The van der Waals surface area contributed by atoms with Crippen LogP contribution in [0, 0.1) is 17.8 Å². The Labute approximate surface area is 520 Å². The second-order valence-corrected chi connectivity index (χ2v) is 23.0. The number of fused-ring (bicyclic) bond motifs is 1. The van der Waals surface area contributed by atoms with Crippen LogP contribution in [-0.2, 0) is 54.4 Å². The molecule has 0 spiro atoms. The number of H-pyrrole nitrogens is 1. The summed E-state index contributed by atoms with van der Waals surface area (Å²) in [6, 6.07) is -5.60. The lowest BCUT2D eigenvalue weighted by atomic mass is 9.96. The second kappa shape index (κ2) is 40.4. The van der Waals surface area contributed by atoms with E-state index in [-0.39, 0.29) is 88.8 Å². The summed E-state index contributed by atoms with van der Waals surface area (Å²) in [5.74, 6) is -10.5. The third-order valence-corrected chi connectivity index (χ3v) is 14.7. The van der Waals surface area contributed by atoms with E-state index in [2.05, 4.69) is 62.8 Å². The van der Waals surface area contributed by atoms with Crippen LogP contribution in [0.25, 0.3) is 10.9 Å². The quantitative estimate of drug-likeness (QED) is 0.0175. The molecule has 0 unspecified atom stereocenters. The van der Waals surface area contributed by atoms with E-state index in [0.29, 0.717) is 38.6 Å². The number of nitrogens with two attached hydrogens (primary N) is 7. The van der Waals surface area contributed by atoms with Gasteiger partial charge in [0, 0.05) is 30.2 Å². The molecule has 0 bridgehead atoms. The van der Waals surface area contributed by atoms with E-state index in [1.54, 1.807) is 47.7 Å². The highest BCUT2D eigenvalue weighted by atomic mass is 16.4. The molecule has 0 aliphatic heterocycles. The van der Waals surface area contributed by atoms with Gasteiger partial charge in [-0.2, -0.15) is 0 Å². The zero-order valence-electron chi connectivity index (χ0n) is 52.5. The number of guanidine groups is 2. The van der Waals surface area contributed by atoms with E-state index in [1.807, 2.05) is 24.3 Å². The van der Waals surface area contributed by atoms with Crippen LogP contribution in [0.2, 0.25) is 0 Å². The van der Waals surface area contributed by atoms with Gasteiger partial charge in [-0.25, -0.2) is 0 Å². The summed E-state index contributed by atoms with van der Waals surface area (Å²) in [5.41, 5.74) is 41.9. The highest BCUT2D eigenvalue weighted by Gasteiger charge is 2.37. The van der Waals surface area contributed by atoms with Crippen molar-refractivity contribution >= 4 is 82.0 Å². The molecule has 2 rings (SSSR count). The van der Waals surface area contributed by atoms with Crippen LogP contribution >= 0.6 is 0 Å². The van der Waals surface area contributed by atoms with E-state index in [1.165, 1.54) is 6.92 Å². The third-order valence-electron chi connectivity index (χ3n) is 14.7. The Kier molecular flexibility index (Phi) is 34.9. The topological polar surface area (TPSA) is 542 Å². The number of amides is 9. The average Bonchev–Trinajstić information content (AvgIpc) is 4.12. The number of carbonyl (C=O) groups is 10. The summed E-state index contributed by atoms with van der Waals surface area (Å²) in [6.07, 6.45) is 4.50. The normalized spacial score (nSPS) is 15.0. The number of rotatable bonds is 43. The summed E-state index contributed by atoms with van der Waals surface area (Å²) in [4.78, 5) is 149. The van der Waals surface area contributed by atoms with Gasteiger partial charge in [-0.3, -0.25) is 57.9 Å². The maximum absolute atomic E-state index is 14.6. The Morgan fingerprint density at radius 1 is 0.528 bits per heavy atom. The minimum Gasteiger partial charge on any atom is -0.480 e. The van der Waals surface area contributed by atoms with E-state index < -0.39 is 138 Å². The molecule has 0 saturated carbocycles. The molecule has 0 fully saturated rings. The number of carboxylic acids is 1. The van der Waals surface area contributed by atoms with Gasteiger partial charge in [-0.1, -0.05) is 66.2 Å². The highest BCUT2D eigenvalue weighted by Crippen LogP contribution is 2.20. The number of aliphatic carboxylic acids is 1. The van der Waals surface area contributed by atoms with Gasteiger partial charge in [-0.15, -0.1) is 0 Å². The molecular formula is C58H101N19O12. The van der Waals surface area contributed by atoms with Gasteiger partial charge in [0.05, 0.1) is 12.6 Å². The molecule has 26 N–H and O–H groups in total. The van der Waals surface area contributed by atoms with Crippen LogP contribution in [0.1, 0.15) is 131 Å². The molecule has 500 valence electrons. The van der Waals surface area contributed by atoms with Crippen molar-refractivity contribution in [3.05, 3.63) is 36.0 Å². The molecule has 0 aliphatic carbocycles. The van der Waals surface area contributed by atoms with Crippen molar-refractivity contribution in [2.75, 3.05) is 32.8 Å². The fraction of sp³-hybridized carbons (Fsp3) is 0.655. The predicted molar refractivity (Wildman–Crippen MR) is 337 cm³/mol. The highest BCUT2D eigenvalue weighted by molar-refractivity contribution is 5.99. The number of nitrogens with one attached hydrogen (secondary N) is 10. The first-order chi connectivity index (χ1) is 42.1. The number of benzene rings is 1. The van der Waals surface area contributed by atoms with Crippen LogP contribution in [-0.4, -0.2) is 179 Å². The van der Waals surface area contributed by atoms with Crippen molar-refractivity contribution in [1.29, 1.82) is 0 Å². The number of hydrogen-bond donors (Lipinski definition) is 19. The second-order valence-electron chi connectivity index (χ2n) is 23.0. The molecule has 1 heterocycles. The van der Waals surface area contributed by atoms with Gasteiger partial charge < -0.3 is 103 Å². The number of carboxylic acid groups (broad SMARTS) is 1. The SMILES string of the molecule is CC[C@H](C)[C@H](NC(=O)[C@H](CCCCN)NC(=O)[C@H](CCCCN)NC(=O)[C@@H](N)Cc1c[nH]c2ccccc12)C(=O)N[C@@H](CCCN=C(N)N)C(=O)N[C@H](C(=O)N[C@@H](CCCN=C(N)N)C(=O)N[C@@H](CC(C)C)C(=O)N[C@@H](CO)C(=O)N[C@@H](C)C(=O)O)C(C)C. The van der Waals surface area contributed by atoms with Gasteiger partial charge in [0.2, 0.25) is 53.2 Å². The Bertz CT molecular complexity index is 2680. The summed E-state index contributed by atoms with van der Waals surface area (Å²) in [5, 5.41) is 43.8. The number of aromatic amines is 1. The maximum Gasteiger partial charge on any atom is 0.325 e. The summed E-state index contributed by atoms with van der Waals surface area (Å²) in [7, 11) is 0. The van der Waals surface area contributed by atoms with Crippen molar-refractivity contribution in [1.82, 2.24) is 52.8 Å². The van der Waals surface area contributed by atoms with Crippen LogP contribution in [0.3, 0.4) is 0 Å². The van der Waals surface area contributed by atoms with Crippen molar-refractivity contribution in [3.63, 3.8) is 0 Å². The molecule has 11 atom stereocenters. The molecule has 89 heavy (non-hydrogen) atoms. The van der Waals surface area contributed by atoms with E-state index in [0.717, 1.165) is 16.5 Å². The summed E-state index contributed by atoms with van der Waals surface area (Å²) < 4.78 is 0. The first-order valence-electron chi connectivity index (χ1n) is 30.5. The fourth-order valence-corrected chi connectivity index (χ4v) is 9.33. The lowest BCUT2D eigenvalue weighted by Crippen LogP contribution is -2.62. The number of aromatic nitrogens is 1. The van der Waals surface area contributed by atoms with Gasteiger partial charge in [0.25, 0.3) is 0 Å².